The number of halogens is 2. The molecule has 1 aromatic carbocycles. The van der Waals surface area contributed by atoms with Crippen LogP contribution >= 0.6 is 11.6 Å². The van der Waals surface area contributed by atoms with Gasteiger partial charge >= 0.3 is 0 Å². The molecule has 1 aliphatic rings. The van der Waals surface area contributed by atoms with E-state index in [1.54, 1.807) is 23.1 Å². The van der Waals surface area contributed by atoms with Crippen LogP contribution in [0.5, 0.6) is 0 Å². The summed E-state index contributed by atoms with van der Waals surface area (Å²) in [6, 6.07) is 7.76. The summed E-state index contributed by atoms with van der Waals surface area (Å²) in [5.41, 5.74) is 0.323. The number of rotatable bonds is 7. The molecule has 0 atom stereocenters. The van der Waals surface area contributed by atoms with Crippen LogP contribution in [-0.4, -0.2) is 29.3 Å². The first-order chi connectivity index (χ1) is 12.1. The molecule has 0 saturated heterocycles. The Labute approximate surface area is 149 Å². The Balaban J connectivity index is 1.57. The van der Waals surface area contributed by atoms with Crippen molar-refractivity contribution >= 4 is 23.4 Å². The Bertz CT molecular complexity index is 739. The number of furan rings is 1. The van der Waals surface area contributed by atoms with Crippen LogP contribution in [0.25, 0.3) is 0 Å². The minimum absolute atomic E-state index is 0.115. The molecule has 7 heteroatoms. The molecule has 0 unspecified atom stereocenters. The number of amides is 2. The highest BCUT2D eigenvalue weighted by Crippen LogP contribution is 2.31. The predicted molar refractivity (Wildman–Crippen MR) is 90.6 cm³/mol. The number of hydrogen-bond donors (Lipinski definition) is 1. The summed E-state index contributed by atoms with van der Waals surface area (Å²) < 4.78 is 19.0. The molecule has 0 aliphatic heterocycles. The number of carbonyl (C=O) groups excluding carboxylic acids is 2. The predicted octanol–water partition coefficient (Wildman–Crippen LogP) is 3.38. The van der Waals surface area contributed by atoms with E-state index in [0.29, 0.717) is 10.6 Å². The molecule has 0 bridgehead atoms. The average molecular weight is 365 g/mol. The number of benzene rings is 1. The summed E-state index contributed by atoms with van der Waals surface area (Å²) in [7, 11) is 0. The summed E-state index contributed by atoms with van der Waals surface area (Å²) in [6.45, 7) is 0.327. The van der Waals surface area contributed by atoms with Crippen molar-refractivity contribution < 1.29 is 18.4 Å². The minimum Gasteiger partial charge on any atom is -0.459 e. The van der Waals surface area contributed by atoms with E-state index < -0.39 is 5.82 Å². The van der Waals surface area contributed by atoms with Gasteiger partial charge < -0.3 is 14.6 Å². The van der Waals surface area contributed by atoms with Gasteiger partial charge in [0.2, 0.25) is 5.91 Å². The Morgan fingerprint density at radius 3 is 2.72 bits per heavy atom. The Hall–Kier alpha value is -2.34. The maximum absolute atomic E-state index is 14.0. The summed E-state index contributed by atoms with van der Waals surface area (Å²) in [4.78, 5) is 25.9. The lowest BCUT2D eigenvalue weighted by atomic mass is 10.2. The number of carbonyl (C=O) groups is 2. The van der Waals surface area contributed by atoms with Gasteiger partial charge in [-0.2, -0.15) is 0 Å². The smallest absolute Gasteiger partial charge is 0.286 e. The summed E-state index contributed by atoms with van der Waals surface area (Å²) in [6.07, 6.45) is 3.34. The maximum Gasteiger partial charge on any atom is 0.286 e. The van der Waals surface area contributed by atoms with Gasteiger partial charge in [-0.1, -0.05) is 17.7 Å². The van der Waals surface area contributed by atoms with E-state index in [4.69, 9.17) is 16.0 Å². The first-order valence-corrected chi connectivity index (χ1v) is 8.48. The van der Waals surface area contributed by atoms with Crippen LogP contribution in [0.15, 0.2) is 41.0 Å². The standard InChI is InChI=1S/C18H18ClFN2O3/c19-14-3-1-4-15(20)13(14)11-22(12-6-7-12)17(23)8-9-21-18(24)16-5-2-10-25-16/h1-5,10,12H,6-9,11H2,(H,21,24). The van der Waals surface area contributed by atoms with Gasteiger partial charge in [-0.3, -0.25) is 9.59 Å². The van der Waals surface area contributed by atoms with Gasteiger partial charge in [-0.05, 0) is 37.1 Å². The second-order valence-corrected chi connectivity index (χ2v) is 6.34. The van der Waals surface area contributed by atoms with Crippen LogP contribution in [0.1, 0.15) is 35.4 Å². The first kappa shape index (κ1) is 17.5. The van der Waals surface area contributed by atoms with Crippen molar-refractivity contribution in [1.82, 2.24) is 10.2 Å². The SMILES string of the molecule is O=C(NCCC(=O)N(Cc1c(F)cccc1Cl)C1CC1)c1ccco1. The molecule has 2 amide bonds. The van der Waals surface area contributed by atoms with Crippen molar-refractivity contribution in [2.75, 3.05) is 6.54 Å². The fourth-order valence-electron chi connectivity index (χ4n) is 2.58. The largest absolute Gasteiger partial charge is 0.459 e. The van der Waals surface area contributed by atoms with E-state index in [0.717, 1.165) is 12.8 Å². The summed E-state index contributed by atoms with van der Waals surface area (Å²) >= 11 is 6.06. The zero-order chi connectivity index (χ0) is 17.8. The number of nitrogens with one attached hydrogen (secondary N) is 1. The zero-order valence-corrected chi connectivity index (χ0v) is 14.3. The maximum atomic E-state index is 14.0. The molecule has 1 fully saturated rings. The van der Waals surface area contributed by atoms with Gasteiger partial charge in [-0.15, -0.1) is 0 Å². The van der Waals surface area contributed by atoms with Gasteiger partial charge in [0.1, 0.15) is 5.82 Å². The van der Waals surface area contributed by atoms with Gasteiger partial charge in [-0.25, -0.2) is 4.39 Å². The molecule has 1 saturated carbocycles. The van der Waals surface area contributed by atoms with Crippen molar-refractivity contribution in [3.05, 3.63) is 58.8 Å². The molecule has 0 spiro atoms. The van der Waals surface area contributed by atoms with Crippen molar-refractivity contribution in [2.24, 2.45) is 0 Å². The van der Waals surface area contributed by atoms with Crippen molar-refractivity contribution in [3.63, 3.8) is 0 Å². The third kappa shape index (κ3) is 4.39. The quantitative estimate of drug-likeness (QED) is 0.819. The van der Waals surface area contributed by atoms with E-state index in [2.05, 4.69) is 5.32 Å². The van der Waals surface area contributed by atoms with Crippen LogP contribution in [0.2, 0.25) is 5.02 Å². The van der Waals surface area contributed by atoms with E-state index in [-0.39, 0.29) is 43.1 Å². The Morgan fingerprint density at radius 1 is 1.28 bits per heavy atom. The molecule has 5 nitrogen and oxygen atoms in total. The highest BCUT2D eigenvalue weighted by molar-refractivity contribution is 6.31. The van der Waals surface area contributed by atoms with Gasteiger partial charge in [0.15, 0.2) is 5.76 Å². The second-order valence-electron chi connectivity index (χ2n) is 5.94. The lowest BCUT2D eigenvalue weighted by molar-refractivity contribution is -0.132. The van der Waals surface area contributed by atoms with E-state index in [1.165, 1.54) is 18.4 Å². The van der Waals surface area contributed by atoms with Gasteiger partial charge in [0.05, 0.1) is 12.8 Å². The molecule has 0 radical (unpaired) electrons. The third-order valence-electron chi connectivity index (χ3n) is 4.07. The fraction of sp³-hybridized carbons (Fsp3) is 0.333. The van der Waals surface area contributed by atoms with Gasteiger partial charge in [0, 0.05) is 29.6 Å². The summed E-state index contributed by atoms with van der Waals surface area (Å²) in [5.74, 6) is -0.726. The van der Waals surface area contributed by atoms with Crippen molar-refractivity contribution in [1.29, 1.82) is 0 Å². The Kier molecular flexibility index (Phi) is 5.38. The molecular formula is C18H18ClFN2O3. The molecule has 2 aromatic rings. The van der Waals surface area contributed by atoms with Crippen molar-refractivity contribution in [2.45, 2.75) is 31.8 Å². The Morgan fingerprint density at radius 2 is 2.08 bits per heavy atom. The highest BCUT2D eigenvalue weighted by atomic mass is 35.5. The first-order valence-electron chi connectivity index (χ1n) is 8.10. The number of nitrogens with zero attached hydrogens (tertiary/aromatic N) is 1. The monoisotopic (exact) mass is 364 g/mol. The number of hydrogen-bond acceptors (Lipinski definition) is 3. The highest BCUT2D eigenvalue weighted by Gasteiger charge is 2.33. The molecule has 1 aliphatic carbocycles. The average Bonchev–Trinajstić information content (AvgIpc) is 3.26. The molecule has 1 aromatic heterocycles. The van der Waals surface area contributed by atoms with Crippen LogP contribution in [0.3, 0.4) is 0 Å². The lowest BCUT2D eigenvalue weighted by Gasteiger charge is -2.23. The molecule has 25 heavy (non-hydrogen) atoms. The van der Waals surface area contributed by atoms with Crippen LogP contribution in [0.4, 0.5) is 4.39 Å². The van der Waals surface area contributed by atoms with Crippen LogP contribution < -0.4 is 5.32 Å². The fourth-order valence-corrected chi connectivity index (χ4v) is 2.81. The molecule has 1 N–H and O–H groups in total. The van der Waals surface area contributed by atoms with E-state index >= 15 is 0 Å². The van der Waals surface area contributed by atoms with E-state index in [9.17, 15) is 14.0 Å². The lowest BCUT2D eigenvalue weighted by Crippen LogP contribution is -2.36. The topological polar surface area (TPSA) is 62.6 Å². The van der Waals surface area contributed by atoms with Crippen LogP contribution in [-0.2, 0) is 11.3 Å². The molecular weight excluding hydrogens is 347 g/mol. The second kappa shape index (κ2) is 7.70. The molecule has 3 rings (SSSR count). The zero-order valence-electron chi connectivity index (χ0n) is 13.5. The van der Waals surface area contributed by atoms with Crippen molar-refractivity contribution in [3.8, 4) is 0 Å². The summed E-state index contributed by atoms with van der Waals surface area (Å²) in [5, 5.41) is 2.95. The van der Waals surface area contributed by atoms with Crippen LogP contribution in [0, 0.1) is 5.82 Å². The van der Waals surface area contributed by atoms with E-state index in [1.807, 2.05) is 0 Å². The minimum atomic E-state index is -0.419. The normalized spacial score (nSPS) is 13.5. The third-order valence-corrected chi connectivity index (χ3v) is 4.42. The molecule has 132 valence electrons. The molecule has 1 heterocycles. The van der Waals surface area contributed by atoms with Gasteiger partial charge in [0.25, 0.3) is 5.91 Å².